The fraction of sp³-hybridized carbons (Fsp3) is 0.438. The number of aromatic nitrogens is 4. The van der Waals surface area contributed by atoms with Crippen molar-refractivity contribution in [2.45, 2.75) is 50.1 Å². The number of nitrogens with one attached hydrogen (secondary N) is 1. The number of hydrogen-bond acceptors (Lipinski definition) is 6. The van der Waals surface area contributed by atoms with Crippen molar-refractivity contribution >= 4 is 48.2 Å². The molecule has 0 aliphatic heterocycles. The number of hydrogen-bond donors (Lipinski definition) is 1. The minimum Gasteiger partial charge on any atom is -0.263 e. The fourth-order valence-electron chi connectivity index (χ4n) is 2.94. The van der Waals surface area contributed by atoms with Gasteiger partial charge in [0.05, 0.1) is 10.9 Å². The molecule has 1 aliphatic carbocycles. The van der Waals surface area contributed by atoms with Crippen molar-refractivity contribution < 1.29 is 21.6 Å². The molecule has 0 radical (unpaired) electrons. The number of benzene rings is 1. The molecule has 0 spiro atoms. The predicted octanol–water partition coefficient (Wildman–Crippen LogP) is 4.24. The summed E-state index contributed by atoms with van der Waals surface area (Å²) >= 11 is 3.89. The molecule has 3 aromatic rings. The van der Waals surface area contributed by atoms with Crippen LogP contribution < -0.4 is 4.72 Å². The molecule has 1 aromatic carbocycles. The van der Waals surface area contributed by atoms with Crippen molar-refractivity contribution in [3.8, 4) is 10.7 Å². The van der Waals surface area contributed by atoms with Crippen LogP contribution in [0.25, 0.3) is 21.6 Å². The quantitative estimate of drug-likeness (QED) is 0.536. The number of alkyl halides is 2. The second kappa shape index (κ2) is 7.00. The first-order chi connectivity index (χ1) is 13.6. The Bertz CT molecular complexity index is 1220. The highest BCUT2D eigenvalue weighted by molar-refractivity contribution is 9.10. The highest BCUT2D eigenvalue weighted by atomic mass is 79.9. The second-order valence-electron chi connectivity index (χ2n) is 6.97. The Morgan fingerprint density at radius 1 is 1.38 bits per heavy atom. The highest BCUT2D eigenvalue weighted by Crippen LogP contribution is 2.41. The number of rotatable bonds is 6. The summed E-state index contributed by atoms with van der Waals surface area (Å²) in [6, 6.07) is 1.19. The zero-order valence-corrected chi connectivity index (χ0v) is 18.4. The molecule has 0 bridgehead atoms. The van der Waals surface area contributed by atoms with Gasteiger partial charge in [-0.25, -0.2) is 26.3 Å². The number of halogens is 4. The number of fused-ring (bicyclic) bond motifs is 1. The molecule has 4 rings (SSSR count). The van der Waals surface area contributed by atoms with E-state index in [-0.39, 0.29) is 16.1 Å². The molecule has 0 saturated heterocycles. The minimum absolute atomic E-state index is 0.0139. The largest absolute Gasteiger partial charge is 0.291 e. The average molecular weight is 510 g/mol. The van der Waals surface area contributed by atoms with Gasteiger partial charge in [-0.15, -0.1) is 10.2 Å². The zero-order chi connectivity index (χ0) is 21.1. The molecule has 1 aliphatic rings. The van der Waals surface area contributed by atoms with Crippen molar-refractivity contribution in [1.29, 1.82) is 0 Å². The van der Waals surface area contributed by atoms with Gasteiger partial charge in [-0.1, -0.05) is 11.3 Å². The Morgan fingerprint density at radius 3 is 2.62 bits per heavy atom. The van der Waals surface area contributed by atoms with E-state index in [1.54, 1.807) is 13.8 Å². The first-order valence-corrected chi connectivity index (χ1v) is 11.7. The smallest absolute Gasteiger partial charge is 0.263 e. The Kier molecular flexibility index (Phi) is 4.99. The molecule has 0 atom stereocenters. The van der Waals surface area contributed by atoms with Crippen LogP contribution in [0, 0.1) is 5.82 Å². The Labute approximate surface area is 176 Å². The summed E-state index contributed by atoms with van der Waals surface area (Å²) in [7, 11) is -4.15. The van der Waals surface area contributed by atoms with Gasteiger partial charge < -0.3 is 0 Å². The molecule has 1 fully saturated rings. The molecule has 29 heavy (non-hydrogen) atoms. The molecule has 2 heterocycles. The van der Waals surface area contributed by atoms with Gasteiger partial charge >= 0.3 is 0 Å². The maximum absolute atomic E-state index is 15.5. The molecule has 13 heteroatoms. The van der Waals surface area contributed by atoms with Gasteiger partial charge in [-0.05, 0) is 48.7 Å². The lowest BCUT2D eigenvalue weighted by atomic mass is 10.2. The summed E-state index contributed by atoms with van der Waals surface area (Å²) in [5.41, 5.74) is -0.307. The number of sulfonamides is 1. The Morgan fingerprint density at radius 2 is 2.07 bits per heavy atom. The first-order valence-electron chi connectivity index (χ1n) is 8.61. The van der Waals surface area contributed by atoms with Gasteiger partial charge in [-0.3, -0.25) is 4.68 Å². The van der Waals surface area contributed by atoms with E-state index in [1.165, 1.54) is 10.7 Å². The van der Waals surface area contributed by atoms with E-state index in [9.17, 15) is 17.2 Å². The zero-order valence-electron chi connectivity index (χ0n) is 15.2. The van der Waals surface area contributed by atoms with Gasteiger partial charge in [0, 0.05) is 16.6 Å². The summed E-state index contributed by atoms with van der Waals surface area (Å²) in [6.07, 6.45) is -1.49. The van der Waals surface area contributed by atoms with Crippen molar-refractivity contribution in [2.24, 2.45) is 0 Å². The summed E-state index contributed by atoms with van der Waals surface area (Å²) < 4.78 is 71.2. The lowest BCUT2D eigenvalue weighted by Crippen LogP contribution is -2.34. The van der Waals surface area contributed by atoms with E-state index >= 15 is 4.39 Å². The third-order valence-corrected chi connectivity index (χ3v) is 7.85. The summed E-state index contributed by atoms with van der Waals surface area (Å²) in [5.74, 6) is -1.01. The second-order valence-corrected chi connectivity index (χ2v) is 10.5. The SMILES string of the molecule is CCn1nc(-c2nnc(C(F)F)s2)c2c(F)c(S(=O)(=O)NC3(C)CC3)cc(Br)c21. The normalized spacial score (nSPS) is 16.1. The Hall–Kier alpha value is -1.57. The standard InChI is InChI=1S/C16H15BrF3N5O2S2/c1-3-25-12-7(17)6-8(29(26,27)24-16(2)4-5-16)10(18)9(12)11(23-25)14-21-22-15(28-14)13(19)20/h6,13,24H,3-5H2,1-2H3. The number of nitrogens with zero attached hydrogens (tertiary/aromatic N) is 4. The van der Waals surface area contributed by atoms with Crippen LogP contribution in [0.3, 0.4) is 0 Å². The minimum atomic E-state index is -4.15. The molecule has 7 nitrogen and oxygen atoms in total. The number of aryl methyl sites for hydroxylation is 1. The van der Waals surface area contributed by atoms with Gasteiger partial charge in [-0.2, -0.15) is 5.10 Å². The Balaban J connectivity index is 1.96. The van der Waals surface area contributed by atoms with Crippen molar-refractivity contribution in [2.75, 3.05) is 0 Å². The van der Waals surface area contributed by atoms with Crippen molar-refractivity contribution in [3.05, 3.63) is 21.4 Å². The van der Waals surface area contributed by atoms with Crippen LogP contribution in [0.1, 0.15) is 38.1 Å². The fourth-order valence-corrected chi connectivity index (χ4v) is 5.99. The third-order valence-electron chi connectivity index (χ3n) is 4.67. The molecule has 156 valence electrons. The van der Waals surface area contributed by atoms with Gasteiger partial charge in [0.15, 0.2) is 15.8 Å². The van der Waals surface area contributed by atoms with Crippen molar-refractivity contribution in [1.82, 2.24) is 24.7 Å². The van der Waals surface area contributed by atoms with Gasteiger partial charge in [0.1, 0.15) is 10.6 Å². The summed E-state index contributed by atoms with van der Waals surface area (Å²) in [6.45, 7) is 3.85. The van der Waals surface area contributed by atoms with Crippen LogP contribution in [0.2, 0.25) is 0 Å². The molecular formula is C16H15BrF3N5O2S2. The molecular weight excluding hydrogens is 495 g/mol. The first kappa shape index (κ1) is 20.7. The lowest BCUT2D eigenvalue weighted by Gasteiger charge is -2.14. The van der Waals surface area contributed by atoms with Crippen LogP contribution >= 0.6 is 27.3 Å². The predicted molar refractivity (Wildman–Crippen MR) is 105 cm³/mol. The molecule has 0 amide bonds. The summed E-state index contributed by atoms with van der Waals surface area (Å²) in [5, 5.41) is 10.8. The molecule has 1 N–H and O–H groups in total. The van der Waals surface area contributed by atoms with E-state index in [2.05, 4.69) is 35.9 Å². The van der Waals surface area contributed by atoms with Gasteiger partial charge in [0.2, 0.25) is 10.0 Å². The molecule has 1 saturated carbocycles. The van der Waals surface area contributed by atoms with E-state index in [0.717, 1.165) is 0 Å². The molecule has 2 aromatic heterocycles. The highest BCUT2D eigenvalue weighted by Gasteiger charge is 2.42. The maximum Gasteiger partial charge on any atom is 0.291 e. The maximum atomic E-state index is 15.5. The van der Waals surface area contributed by atoms with Crippen LogP contribution in [0.5, 0.6) is 0 Å². The van der Waals surface area contributed by atoms with E-state index in [1.807, 2.05) is 0 Å². The lowest BCUT2D eigenvalue weighted by molar-refractivity contribution is 0.150. The van der Waals surface area contributed by atoms with Crippen LogP contribution in [0.15, 0.2) is 15.4 Å². The van der Waals surface area contributed by atoms with Crippen molar-refractivity contribution in [3.63, 3.8) is 0 Å². The average Bonchev–Trinajstić information content (AvgIpc) is 3.08. The topological polar surface area (TPSA) is 89.8 Å². The van der Waals surface area contributed by atoms with E-state index in [0.29, 0.717) is 40.7 Å². The monoisotopic (exact) mass is 509 g/mol. The third kappa shape index (κ3) is 3.57. The summed E-state index contributed by atoms with van der Waals surface area (Å²) in [4.78, 5) is -0.541. The van der Waals surface area contributed by atoms with E-state index in [4.69, 9.17) is 0 Å². The van der Waals surface area contributed by atoms with Crippen LogP contribution in [0.4, 0.5) is 13.2 Å². The van der Waals surface area contributed by atoms with Gasteiger partial charge in [0.25, 0.3) is 6.43 Å². The van der Waals surface area contributed by atoms with Crippen LogP contribution in [-0.4, -0.2) is 33.9 Å². The van der Waals surface area contributed by atoms with E-state index < -0.39 is 37.7 Å². The molecule has 0 unspecified atom stereocenters. The van der Waals surface area contributed by atoms with Crippen LogP contribution in [-0.2, 0) is 16.6 Å².